The molecule has 4 aromatic rings. The lowest BCUT2D eigenvalue weighted by Gasteiger charge is -2.11. The number of aromatic amines is 1. The first kappa shape index (κ1) is 16.8. The molecule has 6 nitrogen and oxygen atoms in total. The van der Waals surface area contributed by atoms with Gasteiger partial charge in [0.1, 0.15) is 5.69 Å². The fourth-order valence-corrected chi connectivity index (χ4v) is 2.99. The molecule has 0 saturated heterocycles. The molecule has 9 heteroatoms. The van der Waals surface area contributed by atoms with Gasteiger partial charge in [-0.2, -0.15) is 17.9 Å². The highest BCUT2D eigenvalue weighted by Crippen LogP contribution is 2.30. The molecule has 0 saturated carbocycles. The van der Waals surface area contributed by atoms with E-state index in [0.717, 1.165) is 18.3 Å². The van der Waals surface area contributed by atoms with Crippen molar-refractivity contribution in [3.63, 3.8) is 0 Å². The Morgan fingerprint density at radius 1 is 1.00 bits per heavy atom. The van der Waals surface area contributed by atoms with Crippen molar-refractivity contribution in [2.75, 3.05) is 0 Å². The quantitative estimate of drug-likeness (QED) is 0.411. The summed E-state index contributed by atoms with van der Waals surface area (Å²) in [5.41, 5.74) is -2.86. The number of fused-ring (bicyclic) bond motifs is 2. The highest BCUT2D eigenvalue weighted by molar-refractivity contribution is 5.89. The zero-order valence-electron chi connectivity index (χ0n) is 13.4. The van der Waals surface area contributed by atoms with E-state index in [9.17, 15) is 28.0 Å². The number of aromatic nitrogens is 3. The second kappa shape index (κ2) is 5.70. The van der Waals surface area contributed by atoms with E-state index >= 15 is 0 Å². The normalized spacial score (nSPS) is 12.0. The summed E-state index contributed by atoms with van der Waals surface area (Å²) in [5, 5.41) is 12.5. The van der Waals surface area contributed by atoms with Crippen molar-refractivity contribution < 1.29 is 17.9 Å². The zero-order valence-corrected chi connectivity index (χ0v) is 13.4. The van der Waals surface area contributed by atoms with Crippen LogP contribution < -0.4 is 16.0 Å². The predicted octanol–water partition coefficient (Wildman–Crippen LogP) is 2.48. The van der Waals surface area contributed by atoms with Crippen molar-refractivity contribution in [1.82, 2.24) is 9.55 Å². The molecule has 0 unspecified atom stereocenters. The second-order valence-corrected chi connectivity index (χ2v) is 5.92. The van der Waals surface area contributed by atoms with E-state index in [2.05, 4.69) is 4.98 Å². The second-order valence-electron chi connectivity index (χ2n) is 5.92. The number of benzene rings is 2. The van der Waals surface area contributed by atoms with E-state index in [1.54, 1.807) is 24.3 Å². The molecule has 0 atom stereocenters. The molecule has 27 heavy (non-hydrogen) atoms. The molecule has 0 bridgehead atoms. The first-order chi connectivity index (χ1) is 12.8. The molecular weight excluding hydrogens is 363 g/mol. The van der Waals surface area contributed by atoms with Crippen LogP contribution in [-0.4, -0.2) is 9.55 Å². The van der Waals surface area contributed by atoms with Crippen molar-refractivity contribution in [2.24, 2.45) is 0 Å². The molecule has 0 radical (unpaired) electrons. The fraction of sp³-hybridized carbons (Fsp3) is 0.0556. The maximum atomic E-state index is 13.0. The number of hydrogen-bond donors (Lipinski definition) is 1. The third kappa shape index (κ3) is 2.73. The van der Waals surface area contributed by atoms with Crippen molar-refractivity contribution in [3.8, 4) is 5.69 Å². The molecule has 0 aliphatic rings. The molecule has 0 aliphatic heterocycles. The van der Waals surface area contributed by atoms with Gasteiger partial charge in [0.05, 0.1) is 16.5 Å². The van der Waals surface area contributed by atoms with Crippen LogP contribution in [0.1, 0.15) is 5.56 Å². The number of rotatable bonds is 1. The van der Waals surface area contributed by atoms with Crippen LogP contribution in [0.4, 0.5) is 13.2 Å². The number of nitrogens with one attached hydrogen (secondary N) is 1. The van der Waals surface area contributed by atoms with Crippen molar-refractivity contribution in [3.05, 3.63) is 86.5 Å². The molecule has 0 spiro atoms. The Morgan fingerprint density at radius 2 is 1.74 bits per heavy atom. The summed E-state index contributed by atoms with van der Waals surface area (Å²) in [6.07, 6.45) is -2.35. The Morgan fingerprint density at radius 3 is 2.48 bits per heavy atom. The van der Waals surface area contributed by atoms with Gasteiger partial charge in [0, 0.05) is 10.8 Å². The molecule has 136 valence electrons. The van der Waals surface area contributed by atoms with Gasteiger partial charge >= 0.3 is 11.9 Å². The van der Waals surface area contributed by atoms with Crippen molar-refractivity contribution >= 4 is 21.7 Å². The van der Waals surface area contributed by atoms with Gasteiger partial charge in [-0.15, -0.1) is 0 Å². The summed E-state index contributed by atoms with van der Waals surface area (Å²) >= 11 is 0. The van der Waals surface area contributed by atoms with E-state index in [4.69, 9.17) is 0 Å². The minimum atomic E-state index is -4.64. The average molecular weight is 373 g/mol. The van der Waals surface area contributed by atoms with Crippen molar-refractivity contribution in [1.29, 1.82) is 0 Å². The topological polar surface area (TPSA) is 81.8 Å². The summed E-state index contributed by atoms with van der Waals surface area (Å²) in [6, 6.07) is 9.05. The Hall–Kier alpha value is -3.62. The zero-order chi connectivity index (χ0) is 19.3. The highest BCUT2D eigenvalue weighted by atomic mass is 19.4. The summed E-state index contributed by atoms with van der Waals surface area (Å²) in [7, 11) is 0. The molecule has 0 fully saturated rings. The van der Waals surface area contributed by atoms with Gasteiger partial charge < -0.3 is 10.2 Å². The van der Waals surface area contributed by atoms with Crippen LogP contribution in [0.2, 0.25) is 0 Å². The largest absolute Gasteiger partial charge is 0.619 e. The Labute approximate surface area is 148 Å². The van der Waals surface area contributed by atoms with E-state index in [0.29, 0.717) is 26.1 Å². The van der Waals surface area contributed by atoms with Crippen LogP contribution >= 0.6 is 0 Å². The summed E-state index contributed by atoms with van der Waals surface area (Å²) in [4.78, 5) is 27.7. The van der Waals surface area contributed by atoms with E-state index < -0.39 is 23.0 Å². The Bertz CT molecular complexity index is 1320. The molecule has 4 rings (SSSR count). The fourth-order valence-electron chi connectivity index (χ4n) is 2.99. The van der Waals surface area contributed by atoms with Gasteiger partial charge in [0.15, 0.2) is 6.20 Å². The van der Waals surface area contributed by atoms with Gasteiger partial charge in [0.25, 0.3) is 5.56 Å². The smallest absolute Gasteiger partial charge is 0.416 e. The number of pyridine rings is 1. The van der Waals surface area contributed by atoms with Gasteiger partial charge in [-0.3, -0.25) is 4.79 Å². The Kier molecular flexibility index (Phi) is 3.55. The van der Waals surface area contributed by atoms with Crippen LogP contribution in [-0.2, 0) is 6.18 Å². The summed E-state index contributed by atoms with van der Waals surface area (Å²) in [5.74, 6) is 0. The minimum absolute atomic E-state index is 0.0198. The standard InChI is InChI=1S/C18H10F3N3O3/c19-18(20,21)11-5-6-14-13(7-11)16(25)24(17(26)22-14)15-9-23(27)8-10-3-1-2-4-12(10)15/h1-9H,(H,22,26). The molecule has 2 aromatic heterocycles. The SMILES string of the molecule is O=c1[nH]c2ccc(C(F)(F)F)cc2c(=O)n1-c1c[n+]([O-])cc2ccccc12. The maximum absolute atomic E-state index is 13.0. The lowest BCUT2D eigenvalue weighted by atomic mass is 10.1. The highest BCUT2D eigenvalue weighted by Gasteiger charge is 2.31. The number of alkyl halides is 3. The van der Waals surface area contributed by atoms with Crippen LogP contribution in [0.3, 0.4) is 0 Å². The number of halogens is 3. The molecule has 0 aliphatic carbocycles. The molecule has 0 amide bonds. The molecular formula is C18H10F3N3O3. The molecule has 1 N–H and O–H groups in total. The molecule has 2 aromatic carbocycles. The maximum Gasteiger partial charge on any atom is 0.416 e. The van der Waals surface area contributed by atoms with Gasteiger partial charge in [-0.1, -0.05) is 18.2 Å². The first-order valence-electron chi connectivity index (χ1n) is 7.74. The first-order valence-corrected chi connectivity index (χ1v) is 7.74. The van der Waals surface area contributed by atoms with Gasteiger partial charge in [0.2, 0.25) is 6.20 Å². The average Bonchev–Trinajstić information content (AvgIpc) is 2.60. The Balaban J connectivity index is 2.12. The van der Waals surface area contributed by atoms with E-state index in [1.165, 1.54) is 6.20 Å². The van der Waals surface area contributed by atoms with Crippen molar-refractivity contribution in [2.45, 2.75) is 6.18 Å². The van der Waals surface area contributed by atoms with Crippen LogP contribution in [0.15, 0.2) is 64.4 Å². The lowest BCUT2D eigenvalue weighted by molar-refractivity contribution is -0.603. The number of nitrogens with zero attached hydrogens (tertiary/aromatic N) is 2. The number of H-pyrrole nitrogens is 1. The third-order valence-corrected chi connectivity index (χ3v) is 4.22. The minimum Gasteiger partial charge on any atom is -0.619 e. The lowest BCUT2D eigenvalue weighted by Crippen LogP contribution is -2.36. The summed E-state index contributed by atoms with van der Waals surface area (Å²) < 4.78 is 40.1. The van der Waals surface area contributed by atoms with Crippen LogP contribution in [0, 0.1) is 5.21 Å². The third-order valence-electron chi connectivity index (χ3n) is 4.22. The van der Waals surface area contributed by atoms with E-state index in [1.807, 2.05) is 0 Å². The van der Waals surface area contributed by atoms with Crippen LogP contribution in [0.5, 0.6) is 0 Å². The van der Waals surface area contributed by atoms with E-state index in [-0.39, 0.29) is 16.6 Å². The molecule has 2 heterocycles. The summed E-state index contributed by atoms with van der Waals surface area (Å²) in [6.45, 7) is 0. The van der Waals surface area contributed by atoms with Gasteiger partial charge in [-0.25, -0.2) is 9.36 Å². The van der Waals surface area contributed by atoms with Gasteiger partial charge in [-0.05, 0) is 24.3 Å². The number of hydrogen-bond acceptors (Lipinski definition) is 3. The predicted molar refractivity (Wildman–Crippen MR) is 91.6 cm³/mol. The monoisotopic (exact) mass is 373 g/mol. The van der Waals surface area contributed by atoms with Crippen LogP contribution in [0.25, 0.3) is 27.4 Å².